The van der Waals surface area contributed by atoms with Gasteiger partial charge >= 0.3 is 0 Å². The molecule has 2 rings (SSSR count). The molecule has 0 radical (unpaired) electrons. The van der Waals surface area contributed by atoms with Gasteiger partial charge in [0.15, 0.2) is 5.82 Å². The zero-order valence-corrected chi connectivity index (χ0v) is 9.71. The largest absolute Gasteiger partial charge is 0.316 e. The van der Waals surface area contributed by atoms with Gasteiger partial charge in [-0.3, -0.25) is 0 Å². The Kier molecular flexibility index (Phi) is 3.49. The van der Waals surface area contributed by atoms with E-state index in [0.717, 1.165) is 31.5 Å². The highest BCUT2D eigenvalue weighted by atomic mass is 35.5. The molecule has 4 heteroatoms. The molecule has 0 amide bonds. The summed E-state index contributed by atoms with van der Waals surface area (Å²) in [5, 5.41) is 3.53. The molecule has 1 N–H and O–H groups in total. The lowest BCUT2D eigenvalue weighted by Crippen LogP contribution is -2.28. The lowest BCUT2D eigenvalue weighted by Gasteiger charge is -2.23. The van der Waals surface area contributed by atoms with Gasteiger partial charge in [-0.25, -0.2) is 4.39 Å². The Bertz CT molecular complexity index is 339. The van der Waals surface area contributed by atoms with Crippen molar-refractivity contribution in [2.45, 2.75) is 18.8 Å². The third kappa shape index (κ3) is 2.44. The summed E-state index contributed by atoms with van der Waals surface area (Å²) in [6.45, 7) is 1.97. The molecule has 1 atom stereocenters. The van der Waals surface area contributed by atoms with Crippen molar-refractivity contribution in [1.82, 2.24) is 5.32 Å². The number of rotatable bonds is 1. The minimum Gasteiger partial charge on any atom is -0.316 e. The van der Waals surface area contributed by atoms with Gasteiger partial charge in [-0.2, -0.15) is 0 Å². The fraction of sp³-hybridized carbons (Fsp3) is 0.455. The molecule has 1 unspecified atom stereocenters. The van der Waals surface area contributed by atoms with Crippen LogP contribution in [0.5, 0.6) is 0 Å². The van der Waals surface area contributed by atoms with Crippen LogP contribution in [0.2, 0.25) is 10.0 Å². The van der Waals surface area contributed by atoms with E-state index in [9.17, 15) is 4.39 Å². The van der Waals surface area contributed by atoms with Crippen LogP contribution in [-0.4, -0.2) is 13.1 Å². The predicted octanol–water partition coefficient (Wildman–Crippen LogP) is 3.60. The number of benzene rings is 1. The number of piperidine rings is 1. The molecule has 0 aliphatic carbocycles. The number of nitrogens with one attached hydrogen (secondary N) is 1. The van der Waals surface area contributed by atoms with Crippen LogP contribution in [0, 0.1) is 5.82 Å². The smallest absolute Gasteiger partial charge is 0.160 e. The van der Waals surface area contributed by atoms with Gasteiger partial charge < -0.3 is 5.32 Å². The molecule has 1 fully saturated rings. The first-order valence-electron chi connectivity index (χ1n) is 5.03. The summed E-state index contributed by atoms with van der Waals surface area (Å²) >= 11 is 11.5. The van der Waals surface area contributed by atoms with Gasteiger partial charge in [0, 0.05) is 6.54 Å². The topological polar surface area (TPSA) is 12.0 Å². The minimum absolute atomic E-state index is 0.114. The Morgan fingerprint density at radius 2 is 1.93 bits per heavy atom. The van der Waals surface area contributed by atoms with Crippen molar-refractivity contribution in [2.24, 2.45) is 0 Å². The molecule has 1 aliphatic heterocycles. The Morgan fingerprint density at radius 1 is 1.27 bits per heavy atom. The molecule has 1 saturated heterocycles. The maximum atomic E-state index is 13.2. The highest BCUT2D eigenvalue weighted by molar-refractivity contribution is 6.35. The van der Waals surface area contributed by atoms with E-state index in [1.165, 1.54) is 0 Å². The van der Waals surface area contributed by atoms with Crippen LogP contribution in [0.25, 0.3) is 0 Å². The van der Waals surface area contributed by atoms with Gasteiger partial charge in [-0.1, -0.05) is 23.2 Å². The van der Waals surface area contributed by atoms with Crippen LogP contribution < -0.4 is 5.32 Å². The van der Waals surface area contributed by atoms with Crippen molar-refractivity contribution in [3.8, 4) is 0 Å². The zero-order valence-electron chi connectivity index (χ0n) is 8.19. The van der Waals surface area contributed by atoms with E-state index in [2.05, 4.69) is 5.32 Å². The van der Waals surface area contributed by atoms with Gasteiger partial charge in [0.2, 0.25) is 0 Å². The van der Waals surface area contributed by atoms with Crippen LogP contribution in [0.15, 0.2) is 12.1 Å². The lowest BCUT2D eigenvalue weighted by molar-refractivity contribution is 0.461. The average Bonchev–Trinajstić information content (AvgIpc) is 2.26. The first-order valence-corrected chi connectivity index (χ1v) is 5.79. The Hall–Kier alpha value is -0.310. The lowest BCUT2D eigenvalue weighted by atomic mass is 9.92. The molecule has 1 aromatic rings. The Labute approximate surface area is 98.6 Å². The zero-order chi connectivity index (χ0) is 10.8. The van der Waals surface area contributed by atoms with Gasteiger partial charge in [-0.05, 0) is 43.0 Å². The summed E-state index contributed by atoms with van der Waals surface area (Å²) in [7, 11) is 0. The number of halogens is 3. The first-order chi connectivity index (χ1) is 7.18. The van der Waals surface area contributed by atoms with Crippen molar-refractivity contribution in [3.05, 3.63) is 33.6 Å². The monoisotopic (exact) mass is 247 g/mol. The second-order valence-corrected chi connectivity index (χ2v) is 4.66. The molecule has 1 heterocycles. The highest BCUT2D eigenvalue weighted by Crippen LogP contribution is 2.31. The first kappa shape index (κ1) is 11.2. The Morgan fingerprint density at radius 3 is 2.47 bits per heavy atom. The van der Waals surface area contributed by atoms with Crippen molar-refractivity contribution < 1.29 is 4.39 Å². The summed E-state index contributed by atoms with van der Waals surface area (Å²) in [6.07, 6.45) is 2.24. The normalized spacial score (nSPS) is 21.7. The molecular formula is C11H12Cl2FN. The van der Waals surface area contributed by atoms with Crippen LogP contribution >= 0.6 is 23.2 Å². The van der Waals surface area contributed by atoms with Gasteiger partial charge in [0.1, 0.15) is 0 Å². The average molecular weight is 248 g/mol. The number of hydrogen-bond acceptors (Lipinski definition) is 1. The third-order valence-electron chi connectivity index (χ3n) is 2.77. The van der Waals surface area contributed by atoms with Crippen molar-refractivity contribution in [3.63, 3.8) is 0 Å². The fourth-order valence-corrected chi connectivity index (χ4v) is 2.45. The van der Waals surface area contributed by atoms with Crippen molar-refractivity contribution in [1.29, 1.82) is 0 Å². The summed E-state index contributed by atoms with van der Waals surface area (Å²) < 4.78 is 13.2. The maximum absolute atomic E-state index is 13.2. The second kappa shape index (κ2) is 4.69. The molecule has 82 valence electrons. The SMILES string of the molecule is Fc1c(Cl)cc(C2CCCNC2)cc1Cl. The van der Waals surface area contributed by atoms with Gasteiger partial charge in [0.05, 0.1) is 10.0 Å². The highest BCUT2D eigenvalue weighted by Gasteiger charge is 2.17. The van der Waals surface area contributed by atoms with Crippen LogP contribution in [0.3, 0.4) is 0 Å². The van der Waals surface area contributed by atoms with Crippen molar-refractivity contribution in [2.75, 3.05) is 13.1 Å². The van der Waals surface area contributed by atoms with Crippen molar-refractivity contribution >= 4 is 23.2 Å². The van der Waals surface area contributed by atoms with Crippen LogP contribution in [-0.2, 0) is 0 Å². The van der Waals surface area contributed by atoms with Gasteiger partial charge in [-0.15, -0.1) is 0 Å². The maximum Gasteiger partial charge on any atom is 0.160 e. The molecule has 15 heavy (non-hydrogen) atoms. The van der Waals surface area contributed by atoms with E-state index in [0.29, 0.717) is 5.92 Å². The molecular weight excluding hydrogens is 236 g/mol. The van der Waals surface area contributed by atoms with E-state index >= 15 is 0 Å². The van der Waals surface area contributed by atoms with E-state index in [4.69, 9.17) is 23.2 Å². The van der Waals surface area contributed by atoms with E-state index in [-0.39, 0.29) is 10.0 Å². The molecule has 0 bridgehead atoms. The minimum atomic E-state index is -0.522. The molecule has 1 aromatic carbocycles. The van der Waals surface area contributed by atoms with E-state index in [1.807, 2.05) is 0 Å². The molecule has 0 spiro atoms. The standard InChI is InChI=1S/C11H12Cl2FN/c12-9-4-8(5-10(13)11(9)14)7-2-1-3-15-6-7/h4-5,7,15H,1-3,6H2. The fourth-order valence-electron chi connectivity index (χ4n) is 1.95. The molecule has 1 nitrogen and oxygen atoms in total. The van der Waals surface area contributed by atoms with E-state index < -0.39 is 5.82 Å². The molecule has 0 aromatic heterocycles. The van der Waals surface area contributed by atoms with Crippen LogP contribution in [0.4, 0.5) is 4.39 Å². The number of hydrogen-bond donors (Lipinski definition) is 1. The quantitative estimate of drug-likeness (QED) is 0.749. The molecule has 0 saturated carbocycles. The summed E-state index contributed by atoms with van der Waals surface area (Å²) in [6, 6.07) is 3.36. The van der Waals surface area contributed by atoms with E-state index in [1.54, 1.807) is 12.1 Å². The van der Waals surface area contributed by atoms with Crippen LogP contribution in [0.1, 0.15) is 24.3 Å². The Balaban J connectivity index is 2.27. The molecule has 1 aliphatic rings. The third-order valence-corrected chi connectivity index (χ3v) is 3.32. The predicted molar refractivity (Wildman–Crippen MR) is 61.3 cm³/mol. The summed E-state index contributed by atoms with van der Waals surface area (Å²) in [5.41, 5.74) is 1.03. The summed E-state index contributed by atoms with van der Waals surface area (Å²) in [5.74, 6) is -0.125. The summed E-state index contributed by atoms with van der Waals surface area (Å²) in [4.78, 5) is 0. The van der Waals surface area contributed by atoms with Gasteiger partial charge in [0.25, 0.3) is 0 Å². The second-order valence-electron chi connectivity index (χ2n) is 3.84.